The number of likely N-dealkylation sites (N-methyl/N-ethyl adjacent to an activating group) is 1. The molecule has 1 fully saturated rings. The Morgan fingerprint density at radius 1 is 1.26 bits per heavy atom. The summed E-state index contributed by atoms with van der Waals surface area (Å²) in [6, 6.07) is 0.650. The van der Waals surface area contributed by atoms with Crippen LogP contribution in [0.3, 0.4) is 0 Å². The number of halogens is 1. The second-order valence-electron chi connectivity index (χ2n) is 4.92. The minimum absolute atomic E-state index is 0. The van der Waals surface area contributed by atoms with Crippen LogP contribution in [0, 0.1) is 0 Å². The van der Waals surface area contributed by atoms with Crippen molar-refractivity contribution >= 4 is 29.9 Å². The molecule has 0 aromatic carbocycles. The van der Waals surface area contributed by atoms with E-state index in [9.17, 15) is 0 Å². The lowest BCUT2D eigenvalue weighted by molar-refractivity contribution is 0.273. The van der Waals surface area contributed by atoms with Crippen LogP contribution >= 0.6 is 24.0 Å². The fourth-order valence-electron chi connectivity index (χ4n) is 2.44. The minimum atomic E-state index is 0. The van der Waals surface area contributed by atoms with E-state index in [0.29, 0.717) is 6.04 Å². The van der Waals surface area contributed by atoms with Crippen LogP contribution in [0.5, 0.6) is 0 Å². The molecule has 0 aromatic heterocycles. The topological polar surface area (TPSA) is 39.7 Å². The first-order chi connectivity index (χ1) is 8.81. The zero-order valence-electron chi connectivity index (χ0n) is 12.7. The van der Waals surface area contributed by atoms with Crippen LogP contribution in [0.15, 0.2) is 4.99 Å². The molecule has 1 unspecified atom stereocenters. The van der Waals surface area contributed by atoms with Gasteiger partial charge in [0, 0.05) is 19.1 Å². The number of unbranched alkanes of at least 4 members (excludes halogenated alkanes) is 1. The second kappa shape index (κ2) is 11.8. The van der Waals surface area contributed by atoms with Gasteiger partial charge in [-0.2, -0.15) is 0 Å². The Hall–Kier alpha value is -0.0400. The van der Waals surface area contributed by atoms with Crippen molar-refractivity contribution in [2.45, 2.75) is 52.5 Å². The number of rotatable bonds is 7. The van der Waals surface area contributed by atoms with Gasteiger partial charge in [0.1, 0.15) is 0 Å². The predicted octanol–water partition coefficient (Wildman–Crippen LogP) is 2.44. The van der Waals surface area contributed by atoms with Gasteiger partial charge in [-0.15, -0.1) is 24.0 Å². The maximum Gasteiger partial charge on any atom is 0.191 e. The highest BCUT2D eigenvalue weighted by molar-refractivity contribution is 14.0. The van der Waals surface area contributed by atoms with E-state index in [1.807, 2.05) is 0 Å². The number of aliphatic imine (C=N–C) groups is 1. The van der Waals surface area contributed by atoms with Gasteiger partial charge in [-0.1, -0.05) is 20.3 Å². The monoisotopic (exact) mass is 382 g/mol. The van der Waals surface area contributed by atoms with Crippen LogP contribution in [0.2, 0.25) is 0 Å². The summed E-state index contributed by atoms with van der Waals surface area (Å²) in [6.07, 6.45) is 5.05. The minimum Gasteiger partial charge on any atom is -0.357 e. The zero-order chi connectivity index (χ0) is 13.2. The van der Waals surface area contributed by atoms with Gasteiger partial charge in [-0.05, 0) is 39.3 Å². The molecule has 0 spiro atoms. The molecule has 1 aliphatic heterocycles. The average Bonchev–Trinajstić information content (AvgIpc) is 2.83. The maximum absolute atomic E-state index is 4.72. The standard InChI is InChI=1S/C14H30N4.HI/c1-4-7-10-16-14(15-5-2)17-12-13-9-8-11-18(13)6-3;/h13H,4-12H2,1-3H3,(H2,15,16,17);1H. The third-order valence-corrected chi connectivity index (χ3v) is 3.53. The molecule has 2 N–H and O–H groups in total. The van der Waals surface area contributed by atoms with E-state index in [4.69, 9.17) is 4.99 Å². The third kappa shape index (κ3) is 7.34. The van der Waals surface area contributed by atoms with E-state index in [0.717, 1.165) is 32.1 Å². The first-order valence-electron chi connectivity index (χ1n) is 7.58. The Morgan fingerprint density at radius 3 is 2.68 bits per heavy atom. The molecule has 1 saturated heterocycles. The fourth-order valence-corrected chi connectivity index (χ4v) is 2.44. The summed E-state index contributed by atoms with van der Waals surface area (Å²) in [6.45, 7) is 11.8. The summed E-state index contributed by atoms with van der Waals surface area (Å²) in [5, 5.41) is 6.72. The van der Waals surface area contributed by atoms with E-state index in [2.05, 4.69) is 36.3 Å². The van der Waals surface area contributed by atoms with Crippen molar-refractivity contribution in [2.24, 2.45) is 4.99 Å². The summed E-state index contributed by atoms with van der Waals surface area (Å²) in [5.41, 5.74) is 0. The number of nitrogens with one attached hydrogen (secondary N) is 2. The molecule has 0 amide bonds. The molecule has 0 aliphatic carbocycles. The molecule has 4 nitrogen and oxygen atoms in total. The second-order valence-corrected chi connectivity index (χ2v) is 4.92. The molecule has 0 bridgehead atoms. The lowest BCUT2D eigenvalue weighted by atomic mass is 10.2. The lowest BCUT2D eigenvalue weighted by Gasteiger charge is -2.21. The zero-order valence-corrected chi connectivity index (χ0v) is 15.1. The normalized spacial score (nSPS) is 20.2. The van der Waals surface area contributed by atoms with Crippen LogP contribution in [0.4, 0.5) is 0 Å². The van der Waals surface area contributed by atoms with Crippen molar-refractivity contribution in [3.05, 3.63) is 0 Å². The SMILES string of the molecule is CCCCNC(=NCC1CCCN1CC)NCC.I. The molecule has 114 valence electrons. The molecular formula is C14H31IN4. The van der Waals surface area contributed by atoms with Crippen molar-refractivity contribution in [3.63, 3.8) is 0 Å². The molecular weight excluding hydrogens is 351 g/mol. The van der Waals surface area contributed by atoms with E-state index >= 15 is 0 Å². The van der Waals surface area contributed by atoms with Crippen LogP contribution in [-0.4, -0.2) is 49.6 Å². The lowest BCUT2D eigenvalue weighted by Crippen LogP contribution is -2.39. The van der Waals surface area contributed by atoms with Gasteiger partial charge in [0.25, 0.3) is 0 Å². The Morgan fingerprint density at radius 2 is 2.05 bits per heavy atom. The van der Waals surface area contributed by atoms with Gasteiger partial charge in [0.15, 0.2) is 5.96 Å². The molecule has 1 heterocycles. The first-order valence-corrected chi connectivity index (χ1v) is 7.58. The predicted molar refractivity (Wildman–Crippen MR) is 94.6 cm³/mol. The summed E-state index contributed by atoms with van der Waals surface area (Å²) in [7, 11) is 0. The van der Waals surface area contributed by atoms with Crippen LogP contribution in [-0.2, 0) is 0 Å². The van der Waals surface area contributed by atoms with Crippen LogP contribution < -0.4 is 10.6 Å². The Kier molecular flexibility index (Phi) is 11.7. The van der Waals surface area contributed by atoms with Crippen molar-refractivity contribution < 1.29 is 0 Å². The summed E-state index contributed by atoms with van der Waals surface area (Å²) < 4.78 is 0. The van der Waals surface area contributed by atoms with Gasteiger partial charge >= 0.3 is 0 Å². The fraction of sp³-hybridized carbons (Fsp3) is 0.929. The Bertz CT molecular complexity index is 246. The summed E-state index contributed by atoms with van der Waals surface area (Å²) in [4.78, 5) is 7.26. The van der Waals surface area contributed by atoms with Gasteiger partial charge in [-0.3, -0.25) is 9.89 Å². The Labute approximate surface area is 135 Å². The van der Waals surface area contributed by atoms with E-state index in [1.165, 1.54) is 32.2 Å². The number of likely N-dealkylation sites (tertiary alicyclic amines) is 1. The van der Waals surface area contributed by atoms with Gasteiger partial charge in [0.05, 0.1) is 6.54 Å². The summed E-state index contributed by atoms with van der Waals surface area (Å²) in [5.74, 6) is 0.980. The average molecular weight is 382 g/mol. The number of guanidine groups is 1. The molecule has 0 aromatic rings. The largest absolute Gasteiger partial charge is 0.357 e. The maximum atomic E-state index is 4.72. The number of nitrogens with zero attached hydrogens (tertiary/aromatic N) is 2. The van der Waals surface area contributed by atoms with Gasteiger partial charge in [0.2, 0.25) is 0 Å². The smallest absolute Gasteiger partial charge is 0.191 e. The molecule has 1 aliphatic rings. The van der Waals surface area contributed by atoms with Crippen molar-refractivity contribution in [2.75, 3.05) is 32.7 Å². The number of hydrogen-bond acceptors (Lipinski definition) is 2. The van der Waals surface area contributed by atoms with Crippen molar-refractivity contribution in [3.8, 4) is 0 Å². The van der Waals surface area contributed by atoms with E-state index in [1.54, 1.807) is 0 Å². The number of hydrogen-bond donors (Lipinski definition) is 2. The van der Waals surface area contributed by atoms with Gasteiger partial charge in [-0.25, -0.2) is 0 Å². The van der Waals surface area contributed by atoms with E-state index in [-0.39, 0.29) is 24.0 Å². The third-order valence-electron chi connectivity index (χ3n) is 3.53. The van der Waals surface area contributed by atoms with Crippen molar-refractivity contribution in [1.82, 2.24) is 15.5 Å². The van der Waals surface area contributed by atoms with Crippen LogP contribution in [0.25, 0.3) is 0 Å². The highest BCUT2D eigenvalue weighted by Gasteiger charge is 2.22. The molecule has 0 saturated carbocycles. The van der Waals surface area contributed by atoms with Crippen molar-refractivity contribution in [1.29, 1.82) is 0 Å². The molecule has 1 atom stereocenters. The molecule has 1 rings (SSSR count). The first kappa shape index (κ1) is 19.0. The quantitative estimate of drug-likeness (QED) is 0.308. The van der Waals surface area contributed by atoms with Gasteiger partial charge < -0.3 is 10.6 Å². The molecule has 19 heavy (non-hydrogen) atoms. The van der Waals surface area contributed by atoms with E-state index < -0.39 is 0 Å². The highest BCUT2D eigenvalue weighted by atomic mass is 127. The highest BCUT2D eigenvalue weighted by Crippen LogP contribution is 2.16. The summed E-state index contributed by atoms with van der Waals surface area (Å²) >= 11 is 0. The van der Waals surface area contributed by atoms with Crippen LogP contribution in [0.1, 0.15) is 46.5 Å². The molecule has 5 heteroatoms. The molecule has 0 radical (unpaired) electrons. The Balaban J connectivity index is 0.00000324.